The monoisotopic (exact) mass is 268 g/mol. The molecule has 1 N–H and O–H groups in total. The topological polar surface area (TPSA) is 29.9 Å². The molecular formula is C13H17FN2OS. The third kappa shape index (κ3) is 2.20. The highest BCUT2D eigenvalue weighted by Gasteiger charge is 2.15. The first-order valence-corrected chi connectivity index (χ1v) is 6.38. The van der Waals surface area contributed by atoms with Crippen LogP contribution in [0.25, 0.3) is 11.0 Å². The molecule has 0 spiro atoms. The fourth-order valence-electron chi connectivity index (χ4n) is 2.18. The summed E-state index contributed by atoms with van der Waals surface area (Å²) < 4.78 is 21.4. The molecule has 98 valence electrons. The van der Waals surface area contributed by atoms with Gasteiger partial charge in [0.1, 0.15) is 5.82 Å². The quantitative estimate of drug-likeness (QED) is 0.856. The number of aromatic nitrogens is 2. The summed E-state index contributed by atoms with van der Waals surface area (Å²) in [6, 6.07) is 3.49. The summed E-state index contributed by atoms with van der Waals surface area (Å²) in [6.07, 6.45) is 0.908. The second-order valence-corrected chi connectivity index (χ2v) is 4.82. The maximum atomic E-state index is 13.5. The van der Waals surface area contributed by atoms with Crippen molar-refractivity contribution in [3.8, 4) is 0 Å². The van der Waals surface area contributed by atoms with E-state index in [9.17, 15) is 4.39 Å². The van der Waals surface area contributed by atoms with Gasteiger partial charge in [-0.1, -0.05) is 6.92 Å². The number of rotatable bonds is 4. The zero-order chi connectivity index (χ0) is 13.3. The second kappa shape index (κ2) is 5.20. The van der Waals surface area contributed by atoms with Crippen LogP contribution in [0, 0.1) is 17.5 Å². The number of halogens is 1. The van der Waals surface area contributed by atoms with E-state index in [0.717, 1.165) is 17.5 Å². The zero-order valence-corrected chi connectivity index (χ0v) is 11.6. The maximum Gasteiger partial charge on any atom is 0.178 e. The summed E-state index contributed by atoms with van der Waals surface area (Å²) in [5.74, 6) is -0.217. The molecular weight excluding hydrogens is 251 g/mol. The van der Waals surface area contributed by atoms with Crippen LogP contribution >= 0.6 is 12.2 Å². The first kappa shape index (κ1) is 13.2. The standard InChI is InChI=1S/C13H17FN2OS/c1-4-9(7-17-3)16-12-5-8(2)10(14)6-11(12)15-13(16)18/h5-6,9H,4,7H2,1-3H3,(H,15,18). The van der Waals surface area contributed by atoms with Gasteiger partial charge in [-0.25, -0.2) is 4.39 Å². The van der Waals surface area contributed by atoms with Crippen LogP contribution in [0.2, 0.25) is 0 Å². The fraction of sp³-hybridized carbons (Fsp3) is 0.462. The lowest BCUT2D eigenvalue weighted by Gasteiger charge is -2.17. The number of benzene rings is 1. The number of ether oxygens (including phenoxy) is 1. The lowest BCUT2D eigenvalue weighted by molar-refractivity contribution is 0.154. The molecule has 0 aliphatic heterocycles. The molecule has 1 aromatic heterocycles. The van der Waals surface area contributed by atoms with Crippen molar-refractivity contribution in [1.29, 1.82) is 0 Å². The van der Waals surface area contributed by atoms with Crippen LogP contribution in [0.15, 0.2) is 12.1 Å². The summed E-state index contributed by atoms with van der Waals surface area (Å²) in [7, 11) is 1.67. The summed E-state index contributed by atoms with van der Waals surface area (Å²) in [5.41, 5.74) is 2.29. The summed E-state index contributed by atoms with van der Waals surface area (Å²) in [5, 5.41) is 0. The molecule has 5 heteroatoms. The van der Waals surface area contributed by atoms with Gasteiger partial charge in [0.2, 0.25) is 0 Å². The number of nitrogens with one attached hydrogen (secondary N) is 1. The number of imidazole rings is 1. The van der Waals surface area contributed by atoms with Crippen LogP contribution in [-0.2, 0) is 4.74 Å². The van der Waals surface area contributed by atoms with Gasteiger partial charge in [-0.15, -0.1) is 0 Å². The molecule has 0 aliphatic carbocycles. The van der Waals surface area contributed by atoms with Gasteiger partial charge in [0.25, 0.3) is 0 Å². The van der Waals surface area contributed by atoms with Crippen molar-refractivity contribution in [1.82, 2.24) is 9.55 Å². The number of H-pyrrole nitrogens is 1. The SMILES string of the molecule is CCC(COC)n1c(=S)[nH]c2cc(F)c(C)cc21. The number of methoxy groups -OCH3 is 1. The van der Waals surface area contributed by atoms with Crippen molar-refractivity contribution >= 4 is 23.3 Å². The second-order valence-electron chi connectivity index (χ2n) is 4.44. The summed E-state index contributed by atoms with van der Waals surface area (Å²) in [4.78, 5) is 3.05. The van der Waals surface area contributed by atoms with Crippen LogP contribution in [0.1, 0.15) is 24.9 Å². The minimum absolute atomic E-state index is 0.168. The Labute approximate surface area is 111 Å². The Hall–Kier alpha value is -1.20. The Balaban J connectivity index is 2.66. The molecule has 1 unspecified atom stereocenters. The highest BCUT2D eigenvalue weighted by molar-refractivity contribution is 7.71. The molecule has 0 bridgehead atoms. The molecule has 1 aromatic carbocycles. The average Bonchev–Trinajstić information content (AvgIpc) is 2.63. The number of nitrogens with zero attached hydrogens (tertiary/aromatic N) is 1. The third-order valence-corrected chi connectivity index (χ3v) is 3.49. The molecule has 3 nitrogen and oxygen atoms in total. The molecule has 0 amide bonds. The number of aryl methyl sites for hydroxylation is 1. The minimum Gasteiger partial charge on any atom is -0.383 e. The molecule has 0 saturated carbocycles. The van der Waals surface area contributed by atoms with Gasteiger partial charge in [0, 0.05) is 7.11 Å². The van der Waals surface area contributed by atoms with Gasteiger partial charge in [0.05, 0.1) is 23.7 Å². The molecule has 1 atom stereocenters. The molecule has 2 aromatic rings. The highest BCUT2D eigenvalue weighted by Crippen LogP contribution is 2.24. The van der Waals surface area contributed by atoms with Gasteiger partial charge >= 0.3 is 0 Å². The van der Waals surface area contributed by atoms with E-state index in [1.54, 1.807) is 14.0 Å². The normalized spacial score (nSPS) is 13.1. The smallest absolute Gasteiger partial charge is 0.178 e. The van der Waals surface area contributed by atoms with E-state index in [2.05, 4.69) is 11.9 Å². The van der Waals surface area contributed by atoms with Crippen LogP contribution in [-0.4, -0.2) is 23.3 Å². The largest absolute Gasteiger partial charge is 0.383 e. The first-order chi connectivity index (χ1) is 8.58. The van der Waals surface area contributed by atoms with E-state index in [1.165, 1.54) is 6.07 Å². The molecule has 18 heavy (non-hydrogen) atoms. The predicted octanol–water partition coefficient (Wildman–Crippen LogP) is 3.74. The Kier molecular flexibility index (Phi) is 3.82. The van der Waals surface area contributed by atoms with E-state index < -0.39 is 0 Å². The Morgan fingerprint density at radius 2 is 2.22 bits per heavy atom. The lowest BCUT2D eigenvalue weighted by atomic mass is 10.2. The van der Waals surface area contributed by atoms with Crippen molar-refractivity contribution in [2.24, 2.45) is 0 Å². The first-order valence-electron chi connectivity index (χ1n) is 5.97. The summed E-state index contributed by atoms with van der Waals surface area (Å²) in [6.45, 7) is 4.43. The average molecular weight is 268 g/mol. The van der Waals surface area contributed by atoms with Crippen LogP contribution in [0.3, 0.4) is 0 Å². The summed E-state index contributed by atoms with van der Waals surface area (Å²) >= 11 is 5.33. The number of hydrogen-bond donors (Lipinski definition) is 1. The van der Waals surface area contributed by atoms with Crippen molar-refractivity contribution in [2.75, 3.05) is 13.7 Å². The maximum absolute atomic E-state index is 13.5. The Bertz CT molecular complexity index is 617. The van der Waals surface area contributed by atoms with E-state index >= 15 is 0 Å². The third-order valence-electron chi connectivity index (χ3n) is 3.19. The van der Waals surface area contributed by atoms with Crippen LogP contribution < -0.4 is 0 Å². The van der Waals surface area contributed by atoms with Crippen LogP contribution in [0.5, 0.6) is 0 Å². The molecule has 2 rings (SSSR count). The molecule has 0 fully saturated rings. The zero-order valence-electron chi connectivity index (χ0n) is 10.8. The van der Waals surface area contributed by atoms with E-state index in [0.29, 0.717) is 16.9 Å². The van der Waals surface area contributed by atoms with E-state index in [1.807, 2.05) is 10.6 Å². The highest BCUT2D eigenvalue weighted by atomic mass is 32.1. The van der Waals surface area contributed by atoms with Crippen LogP contribution in [0.4, 0.5) is 4.39 Å². The molecule has 1 heterocycles. The van der Waals surface area contributed by atoms with Gasteiger partial charge in [0.15, 0.2) is 4.77 Å². The van der Waals surface area contributed by atoms with Gasteiger partial charge < -0.3 is 14.3 Å². The predicted molar refractivity (Wildman–Crippen MR) is 73.0 cm³/mol. The number of aromatic amines is 1. The molecule has 0 saturated heterocycles. The van der Waals surface area contributed by atoms with Crippen molar-refractivity contribution in [2.45, 2.75) is 26.3 Å². The lowest BCUT2D eigenvalue weighted by Crippen LogP contribution is -2.13. The van der Waals surface area contributed by atoms with Gasteiger partial charge in [-0.05, 0) is 43.3 Å². The van der Waals surface area contributed by atoms with Gasteiger partial charge in [-0.2, -0.15) is 0 Å². The number of hydrogen-bond acceptors (Lipinski definition) is 2. The van der Waals surface area contributed by atoms with E-state index in [4.69, 9.17) is 17.0 Å². The Morgan fingerprint density at radius 1 is 1.50 bits per heavy atom. The minimum atomic E-state index is -0.217. The fourth-order valence-corrected chi connectivity index (χ4v) is 2.54. The Morgan fingerprint density at radius 3 is 2.83 bits per heavy atom. The molecule has 0 aliphatic rings. The number of fused-ring (bicyclic) bond motifs is 1. The molecule has 0 radical (unpaired) electrons. The van der Waals surface area contributed by atoms with Crippen molar-refractivity contribution in [3.05, 3.63) is 28.3 Å². The van der Waals surface area contributed by atoms with Crippen molar-refractivity contribution < 1.29 is 9.13 Å². The van der Waals surface area contributed by atoms with Gasteiger partial charge in [-0.3, -0.25) is 0 Å². The van der Waals surface area contributed by atoms with E-state index in [-0.39, 0.29) is 11.9 Å². The van der Waals surface area contributed by atoms with Crippen molar-refractivity contribution in [3.63, 3.8) is 0 Å².